The second kappa shape index (κ2) is 9.39. The molecule has 154 valence electrons. The fourth-order valence-electron chi connectivity index (χ4n) is 4.62. The van der Waals surface area contributed by atoms with Crippen LogP contribution < -0.4 is 5.43 Å². The molecule has 1 aliphatic carbocycles. The molecule has 2 N–H and O–H groups in total. The first-order valence-corrected chi connectivity index (χ1v) is 11.0. The third-order valence-electron chi connectivity index (χ3n) is 6.14. The lowest BCUT2D eigenvalue weighted by molar-refractivity contribution is 0.398. The molecule has 2 aromatic carbocycles. The normalized spacial score (nSPS) is 18.5. The minimum Gasteiger partial charge on any atom is -0.508 e. The molecule has 4 rings (SSSR count). The number of benzene rings is 2. The average Bonchev–Trinajstić information content (AvgIpc) is 3.13. The Morgan fingerprint density at radius 3 is 2.72 bits per heavy atom. The van der Waals surface area contributed by atoms with E-state index in [1.165, 1.54) is 50.5 Å². The Morgan fingerprint density at radius 2 is 1.90 bits per heavy atom. The molecule has 0 saturated carbocycles. The molecule has 29 heavy (non-hydrogen) atoms. The van der Waals surface area contributed by atoms with Gasteiger partial charge in [-0.05, 0) is 61.0 Å². The number of hydrogen-bond donors (Lipinski definition) is 2. The van der Waals surface area contributed by atoms with Crippen LogP contribution in [0.4, 0.5) is 5.69 Å². The molecule has 0 saturated heterocycles. The van der Waals surface area contributed by atoms with Gasteiger partial charge in [-0.2, -0.15) is 0 Å². The van der Waals surface area contributed by atoms with Crippen molar-refractivity contribution >= 4 is 16.6 Å². The summed E-state index contributed by atoms with van der Waals surface area (Å²) in [5.74, 6) is 0.752. The molecule has 1 heterocycles. The summed E-state index contributed by atoms with van der Waals surface area (Å²) in [5, 5.41) is 11.1. The summed E-state index contributed by atoms with van der Waals surface area (Å²) in [5.41, 5.74) is 6.33. The number of phenolic OH excluding ortho intramolecular Hbond substituents is 1. The number of rotatable bonds is 9. The quantitative estimate of drug-likeness (QED) is 0.380. The van der Waals surface area contributed by atoms with Crippen molar-refractivity contribution in [2.75, 3.05) is 5.43 Å². The summed E-state index contributed by atoms with van der Waals surface area (Å²) in [6.07, 6.45) is 11.7. The van der Waals surface area contributed by atoms with E-state index in [2.05, 4.69) is 12.3 Å². The van der Waals surface area contributed by atoms with Crippen LogP contribution in [0.15, 0.2) is 48.4 Å². The molecule has 0 spiro atoms. The van der Waals surface area contributed by atoms with Gasteiger partial charge in [-0.3, -0.25) is 10.1 Å². The monoisotopic (exact) mass is 395 g/mol. The number of nitrogens with zero attached hydrogens (tertiary/aromatic N) is 1. The van der Waals surface area contributed by atoms with E-state index in [9.17, 15) is 5.11 Å². The zero-order chi connectivity index (χ0) is 24.4. The van der Waals surface area contributed by atoms with E-state index in [1.54, 1.807) is 12.1 Å². The van der Waals surface area contributed by atoms with Crippen molar-refractivity contribution in [3.05, 3.63) is 59.7 Å². The SMILES string of the molecule is [2H]c1c([2H])c([2H])c(Nn2c3c(c4cc(O)ccc42)CCC(CCCCCCCC)C3)c([2H])c1[2H]. The van der Waals surface area contributed by atoms with Gasteiger partial charge in [-0.15, -0.1) is 0 Å². The predicted molar refractivity (Wildman–Crippen MR) is 123 cm³/mol. The number of fused-ring (bicyclic) bond motifs is 3. The van der Waals surface area contributed by atoms with Gasteiger partial charge >= 0.3 is 0 Å². The van der Waals surface area contributed by atoms with Gasteiger partial charge in [0, 0.05) is 11.1 Å². The molecule has 1 unspecified atom stereocenters. The lowest BCUT2D eigenvalue weighted by atomic mass is 9.83. The van der Waals surface area contributed by atoms with Crippen molar-refractivity contribution in [3.63, 3.8) is 0 Å². The van der Waals surface area contributed by atoms with Crippen molar-refractivity contribution < 1.29 is 12.0 Å². The van der Waals surface area contributed by atoms with Gasteiger partial charge in [-0.1, -0.05) is 70.0 Å². The molecule has 0 amide bonds. The topological polar surface area (TPSA) is 37.2 Å². The highest BCUT2D eigenvalue weighted by molar-refractivity contribution is 5.87. The van der Waals surface area contributed by atoms with Crippen LogP contribution in [0.5, 0.6) is 5.75 Å². The van der Waals surface area contributed by atoms with Gasteiger partial charge < -0.3 is 5.11 Å². The highest BCUT2D eigenvalue weighted by Crippen LogP contribution is 2.37. The second-order valence-corrected chi connectivity index (χ2v) is 8.24. The smallest absolute Gasteiger partial charge is 0.116 e. The van der Waals surface area contributed by atoms with E-state index in [4.69, 9.17) is 6.85 Å². The lowest BCUT2D eigenvalue weighted by Gasteiger charge is -2.25. The van der Waals surface area contributed by atoms with Crippen molar-refractivity contribution in [3.8, 4) is 5.75 Å². The molecule has 1 atom stereocenters. The van der Waals surface area contributed by atoms with Gasteiger partial charge in [0.05, 0.1) is 18.1 Å². The molecule has 3 nitrogen and oxygen atoms in total. The Morgan fingerprint density at radius 1 is 1.10 bits per heavy atom. The number of anilines is 1. The van der Waals surface area contributed by atoms with Gasteiger partial charge in [0.2, 0.25) is 0 Å². The lowest BCUT2D eigenvalue weighted by Crippen LogP contribution is -2.20. The molecule has 0 bridgehead atoms. The van der Waals surface area contributed by atoms with Crippen molar-refractivity contribution in [2.45, 2.75) is 71.1 Å². The Balaban J connectivity index is 1.65. The first-order chi connectivity index (χ1) is 16.3. The van der Waals surface area contributed by atoms with Crippen LogP contribution in [0.3, 0.4) is 0 Å². The minimum absolute atomic E-state index is 0.0665. The number of unbranched alkanes of at least 4 members (excludes halogenated alkanes) is 5. The Bertz CT molecular complexity index is 1160. The van der Waals surface area contributed by atoms with Gasteiger partial charge in [0.25, 0.3) is 0 Å². The van der Waals surface area contributed by atoms with Crippen LogP contribution >= 0.6 is 0 Å². The first kappa shape index (κ1) is 14.5. The number of aromatic hydroxyl groups is 1. The number of nitrogens with one attached hydrogen (secondary N) is 1. The molecule has 3 aromatic rings. The van der Waals surface area contributed by atoms with Crippen LogP contribution in [-0.4, -0.2) is 9.78 Å². The third-order valence-corrected chi connectivity index (χ3v) is 6.14. The maximum absolute atomic E-state index is 10.1. The molecule has 0 aliphatic heterocycles. The Hall–Kier alpha value is -2.42. The minimum atomic E-state index is -0.399. The maximum atomic E-state index is 10.1. The van der Waals surface area contributed by atoms with Gasteiger partial charge in [0.15, 0.2) is 0 Å². The maximum Gasteiger partial charge on any atom is 0.116 e. The van der Waals surface area contributed by atoms with Crippen LogP contribution in [0.25, 0.3) is 10.9 Å². The third kappa shape index (κ3) is 4.60. The first-order valence-electron chi connectivity index (χ1n) is 13.5. The second-order valence-electron chi connectivity index (χ2n) is 8.24. The number of para-hydroxylation sites is 1. The van der Waals surface area contributed by atoms with E-state index in [0.717, 1.165) is 35.9 Å². The van der Waals surface area contributed by atoms with Gasteiger partial charge in [0.1, 0.15) is 5.75 Å². The van der Waals surface area contributed by atoms with E-state index in [1.807, 2.05) is 10.7 Å². The average molecular weight is 396 g/mol. The largest absolute Gasteiger partial charge is 0.508 e. The number of phenols is 1. The van der Waals surface area contributed by atoms with Crippen molar-refractivity contribution in [1.82, 2.24) is 4.68 Å². The zero-order valence-corrected chi connectivity index (χ0v) is 17.3. The van der Waals surface area contributed by atoms with Crippen LogP contribution in [0.1, 0.15) is 76.4 Å². The summed E-state index contributed by atoms with van der Waals surface area (Å²) < 4.78 is 42.5. The molecular weight excluding hydrogens is 356 g/mol. The predicted octanol–water partition coefficient (Wildman–Crippen LogP) is 7.08. The van der Waals surface area contributed by atoms with E-state index in [0.29, 0.717) is 5.92 Å². The highest BCUT2D eigenvalue weighted by atomic mass is 16.3. The summed E-state index contributed by atoms with van der Waals surface area (Å²) in [6, 6.07) is 3.61. The molecule has 0 radical (unpaired) electrons. The zero-order valence-electron chi connectivity index (χ0n) is 22.3. The fraction of sp³-hybridized carbons (Fsp3) is 0.462. The van der Waals surface area contributed by atoms with E-state index in [-0.39, 0.29) is 35.6 Å². The van der Waals surface area contributed by atoms with Crippen LogP contribution in [-0.2, 0) is 12.8 Å². The molecular formula is C26H34N2O. The van der Waals surface area contributed by atoms with E-state index >= 15 is 0 Å². The van der Waals surface area contributed by atoms with E-state index < -0.39 is 6.04 Å². The number of aryl methyl sites for hydroxylation is 1. The molecule has 3 heteroatoms. The number of aromatic nitrogens is 1. The summed E-state index contributed by atoms with van der Waals surface area (Å²) >= 11 is 0. The fourth-order valence-corrected chi connectivity index (χ4v) is 4.62. The molecule has 0 fully saturated rings. The van der Waals surface area contributed by atoms with Crippen molar-refractivity contribution in [2.24, 2.45) is 5.92 Å². The standard InChI is InChI=1S/C26H34N2O/c1-2-3-4-5-6-8-11-20-14-16-23-24-19-22(29)15-17-25(24)28(26(23)18-20)27-21-12-9-7-10-13-21/h7,9-10,12-13,15,17,19-20,27,29H,2-6,8,11,14,16,18H2,1H3/i7D,9D,10D,12D,13D. The van der Waals surface area contributed by atoms with Crippen LogP contribution in [0.2, 0.25) is 0 Å². The number of hydrogen-bond acceptors (Lipinski definition) is 2. The summed E-state index contributed by atoms with van der Waals surface area (Å²) in [7, 11) is 0. The molecule has 1 aromatic heterocycles. The van der Waals surface area contributed by atoms with Gasteiger partial charge in [-0.25, -0.2) is 0 Å². The van der Waals surface area contributed by atoms with Crippen LogP contribution in [0, 0.1) is 5.92 Å². The highest BCUT2D eigenvalue weighted by Gasteiger charge is 2.25. The summed E-state index contributed by atoms with van der Waals surface area (Å²) in [4.78, 5) is 0. The summed E-state index contributed by atoms with van der Waals surface area (Å²) in [6.45, 7) is 2.23. The Labute approximate surface area is 181 Å². The van der Waals surface area contributed by atoms with Crippen molar-refractivity contribution in [1.29, 1.82) is 0 Å². The molecule has 1 aliphatic rings. The Kier molecular flexibility index (Phi) is 4.71.